The van der Waals surface area contributed by atoms with Crippen LogP contribution in [0.4, 0.5) is 0 Å². The first-order valence-corrected chi connectivity index (χ1v) is 5.40. The normalized spacial score (nSPS) is 24.8. The van der Waals surface area contributed by atoms with Crippen molar-refractivity contribution in [2.75, 3.05) is 27.3 Å². The maximum atomic E-state index is 11.5. The third-order valence-corrected chi connectivity index (χ3v) is 2.97. The van der Waals surface area contributed by atoms with Gasteiger partial charge in [0.05, 0.1) is 32.8 Å². The van der Waals surface area contributed by atoms with Gasteiger partial charge >= 0.3 is 11.9 Å². The fraction of sp³-hybridized carbons (Fsp3) is 0.727. The van der Waals surface area contributed by atoms with Crippen LogP contribution in [0.5, 0.6) is 0 Å². The van der Waals surface area contributed by atoms with Gasteiger partial charge in [-0.05, 0) is 12.8 Å². The molecule has 0 unspecified atom stereocenters. The first kappa shape index (κ1) is 13.5. The summed E-state index contributed by atoms with van der Waals surface area (Å²) in [6.45, 7) is 0.466. The molecule has 0 aromatic carbocycles. The molecule has 94 valence electrons. The molecule has 0 bridgehead atoms. The predicted octanol–water partition coefficient (Wildman–Crippen LogP) is -0.0634. The second-order valence-electron chi connectivity index (χ2n) is 3.92. The van der Waals surface area contributed by atoms with Crippen LogP contribution in [0.2, 0.25) is 0 Å². The smallest absolute Gasteiger partial charge is 0.323 e. The van der Waals surface area contributed by atoms with Gasteiger partial charge < -0.3 is 9.47 Å². The number of nitrogens with zero attached hydrogens (tertiary/aromatic N) is 2. The lowest BCUT2D eigenvalue weighted by molar-refractivity contribution is -0.154. The van der Waals surface area contributed by atoms with Gasteiger partial charge in [-0.3, -0.25) is 14.5 Å². The van der Waals surface area contributed by atoms with Gasteiger partial charge in [-0.2, -0.15) is 5.26 Å². The third-order valence-electron chi connectivity index (χ3n) is 2.97. The minimum Gasteiger partial charge on any atom is -0.469 e. The molecule has 0 N–H and O–H groups in total. The molecule has 17 heavy (non-hydrogen) atoms. The van der Waals surface area contributed by atoms with Gasteiger partial charge in [-0.25, -0.2) is 0 Å². The SMILES string of the molecule is COC(=O)[C@H]1CC[C@@H](C(=O)OC)N(CC#N)C1. The van der Waals surface area contributed by atoms with E-state index in [1.807, 2.05) is 6.07 Å². The summed E-state index contributed by atoms with van der Waals surface area (Å²) in [5.41, 5.74) is 0. The van der Waals surface area contributed by atoms with Crippen LogP contribution in [0.25, 0.3) is 0 Å². The highest BCUT2D eigenvalue weighted by atomic mass is 16.5. The summed E-state index contributed by atoms with van der Waals surface area (Å²) in [5.74, 6) is -0.922. The lowest BCUT2D eigenvalue weighted by Crippen LogP contribution is -2.49. The van der Waals surface area contributed by atoms with Gasteiger partial charge in [-0.1, -0.05) is 0 Å². The zero-order valence-corrected chi connectivity index (χ0v) is 10.0. The van der Waals surface area contributed by atoms with E-state index in [-0.39, 0.29) is 24.4 Å². The predicted molar refractivity (Wildman–Crippen MR) is 57.7 cm³/mol. The van der Waals surface area contributed by atoms with Crippen molar-refractivity contribution in [3.05, 3.63) is 0 Å². The summed E-state index contributed by atoms with van der Waals surface area (Å²) in [6, 6.07) is 1.56. The molecule has 0 saturated carbocycles. The maximum absolute atomic E-state index is 11.5. The lowest BCUT2D eigenvalue weighted by atomic mass is 9.92. The molecule has 6 heteroatoms. The van der Waals surface area contributed by atoms with E-state index in [1.54, 1.807) is 4.90 Å². The molecule has 0 spiro atoms. The number of methoxy groups -OCH3 is 2. The first-order chi connectivity index (χ1) is 8.13. The molecule has 0 aromatic rings. The second-order valence-corrected chi connectivity index (χ2v) is 3.92. The third kappa shape index (κ3) is 3.17. The molecule has 1 saturated heterocycles. The molecule has 0 amide bonds. The van der Waals surface area contributed by atoms with Gasteiger partial charge in [0.2, 0.25) is 0 Å². The molecule has 1 rings (SSSR count). The van der Waals surface area contributed by atoms with Crippen LogP contribution in [0.1, 0.15) is 12.8 Å². The molecule has 0 aromatic heterocycles. The van der Waals surface area contributed by atoms with Crippen molar-refractivity contribution in [3.8, 4) is 6.07 Å². The standard InChI is InChI=1S/C11H16N2O4/c1-16-10(14)8-3-4-9(11(15)17-2)13(7-8)6-5-12/h8-9H,3-4,6-7H2,1-2H3/t8-,9-/m0/s1. The summed E-state index contributed by atoms with van der Waals surface area (Å²) < 4.78 is 9.36. The van der Waals surface area contributed by atoms with Gasteiger partial charge in [-0.15, -0.1) is 0 Å². The highest BCUT2D eigenvalue weighted by Crippen LogP contribution is 2.23. The number of hydrogen-bond donors (Lipinski definition) is 0. The van der Waals surface area contributed by atoms with Crippen LogP contribution in [0, 0.1) is 17.2 Å². The van der Waals surface area contributed by atoms with Crippen LogP contribution in [0.3, 0.4) is 0 Å². The van der Waals surface area contributed by atoms with Crippen molar-refractivity contribution in [2.24, 2.45) is 5.92 Å². The highest BCUT2D eigenvalue weighted by Gasteiger charge is 2.36. The average Bonchev–Trinajstić information content (AvgIpc) is 2.37. The van der Waals surface area contributed by atoms with Gasteiger partial charge in [0.25, 0.3) is 0 Å². The quantitative estimate of drug-likeness (QED) is 0.507. The van der Waals surface area contributed by atoms with E-state index >= 15 is 0 Å². The number of nitriles is 1. The maximum Gasteiger partial charge on any atom is 0.323 e. The Labute approximate surface area is 100 Å². The summed E-state index contributed by atoms with van der Waals surface area (Å²) in [4.78, 5) is 24.6. The Balaban J connectivity index is 2.71. The number of carbonyl (C=O) groups excluding carboxylic acids is 2. The molecule has 2 atom stereocenters. The Bertz CT molecular complexity index is 337. The fourth-order valence-corrected chi connectivity index (χ4v) is 2.07. The molecule has 1 aliphatic heterocycles. The molecule has 1 heterocycles. The van der Waals surface area contributed by atoms with Crippen molar-refractivity contribution >= 4 is 11.9 Å². The van der Waals surface area contributed by atoms with Crippen molar-refractivity contribution in [3.63, 3.8) is 0 Å². The molecule has 1 aliphatic rings. The minimum absolute atomic E-state index is 0.104. The average molecular weight is 240 g/mol. The van der Waals surface area contributed by atoms with Crippen molar-refractivity contribution in [2.45, 2.75) is 18.9 Å². The Hall–Kier alpha value is -1.61. The molecule has 0 aliphatic carbocycles. The van der Waals surface area contributed by atoms with Crippen molar-refractivity contribution < 1.29 is 19.1 Å². The van der Waals surface area contributed by atoms with Gasteiger partial charge in [0.15, 0.2) is 0 Å². The number of rotatable bonds is 3. The Morgan fingerprint density at radius 3 is 2.47 bits per heavy atom. The molecule has 1 fully saturated rings. The van der Waals surface area contributed by atoms with Crippen LogP contribution in [-0.2, 0) is 19.1 Å². The molecular formula is C11H16N2O4. The van der Waals surface area contributed by atoms with Crippen LogP contribution >= 0.6 is 0 Å². The van der Waals surface area contributed by atoms with Crippen molar-refractivity contribution in [1.29, 1.82) is 5.26 Å². The zero-order valence-electron chi connectivity index (χ0n) is 10.0. The summed E-state index contributed by atoms with van der Waals surface area (Å²) in [6.07, 6.45) is 1.09. The van der Waals surface area contributed by atoms with Crippen LogP contribution in [-0.4, -0.2) is 50.2 Å². The molecule has 0 radical (unpaired) electrons. The topological polar surface area (TPSA) is 79.6 Å². The highest BCUT2D eigenvalue weighted by molar-refractivity contribution is 5.77. The van der Waals surface area contributed by atoms with E-state index in [4.69, 9.17) is 5.26 Å². The van der Waals surface area contributed by atoms with Gasteiger partial charge in [0.1, 0.15) is 6.04 Å². The first-order valence-electron chi connectivity index (χ1n) is 5.40. The summed E-state index contributed by atoms with van der Waals surface area (Å²) >= 11 is 0. The van der Waals surface area contributed by atoms with E-state index in [1.165, 1.54) is 14.2 Å². The van der Waals surface area contributed by atoms with Gasteiger partial charge in [0, 0.05) is 6.54 Å². The molecular weight excluding hydrogens is 224 g/mol. The Morgan fingerprint density at radius 1 is 1.29 bits per heavy atom. The summed E-state index contributed by atoms with van der Waals surface area (Å²) in [5, 5.41) is 8.71. The van der Waals surface area contributed by atoms with E-state index in [9.17, 15) is 9.59 Å². The fourth-order valence-electron chi connectivity index (χ4n) is 2.07. The van der Waals surface area contributed by atoms with E-state index in [0.717, 1.165) is 0 Å². The Kier molecular flexibility index (Phi) is 4.91. The number of piperidine rings is 1. The van der Waals surface area contributed by atoms with Crippen LogP contribution < -0.4 is 0 Å². The summed E-state index contributed by atoms with van der Waals surface area (Å²) in [7, 11) is 2.66. The second kappa shape index (κ2) is 6.21. The number of carbonyl (C=O) groups is 2. The number of likely N-dealkylation sites (tertiary alicyclic amines) is 1. The van der Waals surface area contributed by atoms with E-state index in [2.05, 4.69) is 9.47 Å². The van der Waals surface area contributed by atoms with Crippen LogP contribution in [0.15, 0.2) is 0 Å². The number of ether oxygens (including phenoxy) is 2. The minimum atomic E-state index is -0.430. The molecule has 6 nitrogen and oxygen atoms in total. The zero-order chi connectivity index (χ0) is 12.8. The Morgan fingerprint density at radius 2 is 1.94 bits per heavy atom. The monoisotopic (exact) mass is 240 g/mol. The lowest BCUT2D eigenvalue weighted by Gasteiger charge is -2.35. The number of hydrogen-bond acceptors (Lipinski definition) is 6. The number of esters is 2. The van der Waals surface area contributed by atoms with E-state index in [0.29, 0.717) is 19.4 Å². The largest absolute Gasteiger partial charge is 0.469 e. The van der Waals surface area contributed by atoms with Crippen molar-refractivity contribution in [1.82, 2.24) is 4.90 Å². The van der Waals surface area contributed by atoms with E-state index < -0.39 is 6.04 Å².